The molecule has 0 fully saturated rings. The number of halogens is 1. The Morgan fingerprint density at radius 3 is 2.50 bits per heavy atom. The third kappa shape index (κ3) is 3.49. The first-order chi connectivity index (χ1) is 7.58. The smallest absolute Gasteiger partial charge is 0.0383 e. The highest BCUT2D eigenvalue weighted by molar-refractivity contribution is 9.10. The Bertz CT molecular complexity index is 337. The largest absolute Gasteiger partial charge is 0.369 e. The summed E-state index contributed by atoms with van der Waals surface area (Å²) in [7, 11) is 0. The first-order valence-corrected chi connectivity index (χ1v) is 6.64. The lowest BCUT2D eigenvalue weighted by molar-refractivity contribution is 0.670. The Labute approximate surface area is 107 Å². The van der Waals surface area contributed by atoms with E-state index in [2.05, 4.69) is 59.8 Å². The molecular formula is C13H21BrN2. The fourth-order valence-electron chi connectivity index (χ4n) is 1.84. The van der Waals surface area contributed by atoms with E-state index in [9.17, 15) is 0 Å². The molecule has 2 nitrogen and oxygen atoms in total. The summed E-state index contributed by atoms with van der Waals surface area (Å²) in [6.07, 6.45) is 1.16. The Kier molecular flexibility index (Phi) is 5.29. The lowest BCUT2D eigenvalue weighted by Crippen LogP contribution is -2.31. The summed E-state index contributed by atoms with van der Waals surface area (Å²) in [4.78, 5) is 2.41. The molecule has 0 aromatic heterocycles. The summed E-state index contributed by atoms with van der Waals surface area (Å²) in [6.45, 7) is 8.32. The summed E-state index contributed by atoms with van der Waals surface area (Å²) in [5.41, 5.74) is 8.13. The van der Waals surface area contributed by atoms with E-state index in [1.807, 2.05) is 0 Å². The standard InChI is InChI=1S/C13H21BrN2/c1-4-5-16(10(2)3)13-7-11(9-15)6-12(14)8-13/h6-8,10H,4-5,9,15H2,1-3H3. The maximum atomic E-state index is 5.70. The van der Waals surface area contributed by atoms with Crippen molar-refractivity contribution in [1.29, 1.82) is 0 Å². The number of benzene rings is 1. The number of anilines is 1. The van der Waals surface area contributed by atoms with Crippen molar-refractivity contribution in [2.45, 2.75) is 39.8 Å². The average Bonchev–Trinajstić information content (AvgIpc) is 2.24. The van der Waals surface area contributed by atoms with Crippen LogP contribution in [0.3, 0.4) is 0 Å². The van der Waals surface area contributed by atoms with Gasteiger partial charge in [0.1, 0.15) is 0 Å². The zero-order valence-electron chi connectivity index (χ0n) is 10.3. The number of nitrogens with zero attached hydrogens (tertiary/aromatic N) is 1. The molecule has 0 aliphatic heterocycles. The lowest BCUT2D eigenvalue weighted by atomic mass is 10.1. The summed E-state index contributed by atoms with van der Waals surface area (Å²) >= 11 is 3.54. The van der Waals surface area contributed by atoms with Crippen molar-refractivity contribution in [1.82, 2.24) is 0 Å². The van der Waals surface area contributed by atoms with E-state index in [1.54, 1.807) is 0 Å². The summed E-state index contributed by atoms with van der Waals surface area (Å²) < 4.78 is 1.10. The van der Waals surface area contributed by atoms with Crippen molar-refractivity contribution in [3.63, 3.8) is 0 Å². The highest BCUT2D eigenvalue weighted by Gasteiger charge is 2.10. The van der Waals surface area contributed by atoms with Crippen LogP contribution in [0.15, 0.2) is 22.7 Å². The van der Waals surface area contributed by atoms with Crippen molar-refractivity contribution in [2.75, 3.05) is 11.4 Å². The van der Waals surface area contributed by atoms with Gasteiger partial charge in [0.15, 0.2) is 0 Å². The molecular weight excluding hydrogens is 264 g/mol. The molecule has 0 saturated carbocycles. The molecule has 1 aromatic carbocycles. The Morgan fingerprint density at radius 2 is 2.00 bits per heavy atom. The Hall–Kier alpha value is -0.540. The zero-order valence-corrected chi connectivity index (χ0v) is 11.9. The van der Waals surface area contributed by atoms with E-state index in [4.69, 9.17) is 5.73 Å². The molecule has 0 aliphatic rings. The highest BCUT2D eigenvalue weighted by Crippen LogP contribution is 2.24. The SMILES string of the molecule is CCCN(c1cc(Br)cc(CN)c1)C(C)C. The van der Waals surface area contributed by atoms with E-state index in [0.29, 0.717) is 12.6 Å². The first-order valence-electron chi connectivity index (χ1n) is 5.84. The Morgan fingerprint density at radius 1 is 1.31 bits per heavy atom. The van der Waals surface area contributed by atoms with Gasteiger partial charge in [-0.2, -0.15) is 0 Å². The molecule has 0 radical (unpaired) electrons. The molecule has 0 amide bonds. The maximum absolute atomic E-state index is 5.70. The van der Waals surface area contributed by atoms with Crippen LogP contribution in [0.25, 0.3) is 0 Å². The fourth-order valence-corrected chi connectivity index (χ4v) is 2.37. The van der Waals surface area contributed by atoms with Gasteiger partial charge in [-0.1, -0.05) is 22.9 Å². The van der Waals surface area contributed by atoms with Crippen LogP contribution in [0, 0.1) is 0 Å². The third-order valence-corrected chi connectivity index (χ3v) is 3.06. The minimum Gasteiger partial charge on any atom is -0.369 e. The van der Waals surface area contributed by atoms with Gasteiger partial charge >= 0.3 is 0 Å². The van der Waals surface area contributed by atoms with E-state index < -0.39 is 0 Å². The second-order valence-electron chi connectivity index (χ2n) is 4.31. The van der Waals surface area contributed by atoms with Gasteiger partial charge in [0, 0.05) is 29.3 Å². The zero-order chi connectivity index (χ0) is 12.1. The van der Waals surface area contributed by atoms with Crippen molar-refractivity contribution >= 4 is 21.6 Å². The van der Waals surface area contributed by atoms with Crippen LogP contribution in [0.4, 0.5) is 5.69 Å². The first kappa shape index (κ1) is 13.5. The van der Waals surface area contributed by atoms with E-state index in [1.165, 1.54) is 11.3 Å². The maximum Gasteiger partial charge on any atom is 0.0383 e. The second kappa shape index (κ2) is 6.26. The van der Waals surface area contributed by atoms with E-state index in [-0.39, 0.29) is 0 Å². The number of rotatable bonds is 5. The van der Waals surface area contributed by atoms with E-state index in [0.717, 1.165) is 17.4 Å². The van der Waals surface area contributed by atoms with Crippen LogP contribution < -0.4 is 10.6 Å². The van der Waals surface area contributed by atoms with Crippen LogP contribution in [0.1, 0.15) is 32.8 Å². The van der Waals surface area contributed by atoms with Gasteiger partial charge in [0.2, 0.25) is 0 Å². The van der Waals surface area contributed by atoms with Gasteiger partial charge in [-0.3, -0.25) is 0 Å². The van der Waals surface area contributed by atoms with Crippen LogP contribution in [0.2, 0.25) is 0 Å². The Balaban J connectivity index is 3.03. The predicted octanol–water partition coefficient (Wildman–Crippen LogP) is 3.53. The molecule has 0 bridgehead atoms. The normalized spacial score (nSPS) is 10.9. The molecule has 0 heterocycles. The number of nitrogens with two attached hydrogens (primary N) is 1. The van der Waals surface area contributed by atoms with Crippen LogP contribution >= 0.6 is 15.9 Å². The number of hydrogen-bond donors (Lipinski definition) is 1. The van der Waals surface area contributed by atoms with Gasteiger partial charge in [0.05, 0.1) is 0 Å². The van der Waals surface area contributed by atoms with Gasteiger partial charge in [-0.25, -0.2) is 0 Å². The quantitative estimate of drug-likeness (QED) is 0.896. The third-order valence-electron chi connectivity index (χ3n) is 2.60. The molecule has 1 rings (SSSR count). The summed E-state index contributed by atoms with van der Waals surface area (Å²) in [5, 5.41) is 0. The van der Waals surface area contributed by atoms with Crippen molar-refractivity contribution in [2.24, 2.45) is 5.73 Å². The molecule has 3 heteroatoms. The molecule has 90 valence electrons. The van der Waals surface area contributed by atoms with Crippen molar-refractivity contribution in [3.8, 4) is 0 Å². The predicted molar refractivity (Wildman–Crippen MR) is 74.8 cm³/mol. The topological polar surface area (TPSA) is 29.3 Å². The number of hydrogen-bond acceptors (Lipinski definition) is 2. The summed E-state index contributed by atoms with van der Waals surface area (Å²) in [5.74, 6) is 0. The van der Waals surface area contributed by atoms with Crippen molar-refractivity contribution in [3.05, 3.63) is 28.2 Å². The monoisotopic (exact) mass is 284 g/mol. The van der Waals surface area contributed by atoms with Gasteiger partial charge in [0.25, 0.3) is 0 Å². The van der Waals surface area contributed by atoms with Crippen LogP contribution in [-0.2, 0) is 6.54 Å². The van der Waals surface area contributed by atoms with Crippen LogP contribution in [0.5, 0.6) is 0 Å². The van der Waals surface area contributed by atoms with Crippen LogP contribution in [-0.4, -0.2) is 12.6 Å². The van der Waals surface area contributed by atoms with Gasteiger partial charge < -0.3 is 10.6 Å². The molecule has 0 atom stereocenters. The van der Waals surface area contributed by atoms with Gasteiger partial charge in [-0.05, 0) is 44.0 Å². The van der Waals surface area contributed by atoms with Gasteiger partial charge in [-0.15, -0.1) is 0 Å². The highest BCUT2D eigenvalue weighted by atomic mass is 79.9. The molecule has 1 aromatic rings. The van der Waals surface area contributed by atoms with E-state index >= 15 is 0 Å². The minimum atomic E-state index is 0.514. The minimum absolute atomic E-state index is 0.514. The molecule has 16 heavy (non-hydrogen) atoms. The molecule has 2 N–H and O–H groups in total. The average molecular weight is 285 g/mol. The molecule has 0 aliphatic carbocycles. The van der Waals surface area contributed by atoms with Crippen molar-refractivity contribution < 1.29 is 0 Å². The molecule has 0 spiro atoms. The molecule has 0 saturated heterocycles. The fraction of sp³-hybridized carbons (Fsp3) is 0.538. The summed E-state index contributed by atoms with van der Waals surface area (Å²) in [6, 6.07) is 6.93. The second-order valence-corrected chi connectivity index (χ2v) is 5.22. The molecule has 0 unspecified atom stereocenters. The lowest BCUT2D eigenvalue weighted by Gasteiger charge is -2.29.